The Hall–Kier alpha value is -1.35. The molecule has 130 valence electrons. The van der Waals surface area contributed by atoms with Crippen molar-refractivity contribution in [1.82, 2.24) is 4.90 Å². The van der Waals surface area contributed by atoms with Crippen LogP contribution < -0.4 is 10.6 Å². The van der Waals surface area contributed by atoms with Crippen LogP contribution in [0.4, 0.5) is 10.1 Å². The molecule has 1 aromatic carbocycles. The van der Waals surface area contributed by atoms with Crippen molar-refractivity contribution in [3.05, 3.63) is 52.0 Å². The SMILES string of the molecule is Cc1ccsc1CN=C(N)N1CCN(c2ccc(F)cc2)CC1.I. The Balaban J connectivity index is 0.00000208. The van der Waals surface area contributed by atoms with Gasteiger partial charge in [-0.15, -0.1) is 35.3 Å². The maximum atomic E-state index is 13.0. The van der Waals surface area contributed by atoms with Crippen molar-refractivity contribution in [3.8, 4) is 0 Å². The maximum Gasteiger partial charge on any atom is 0.191 e. The van der Waals surface area contributed by atoms with Gasteiger partial charge in [-0.05, 0) is 48.2 Å². The first-order chi connectivity index (χ1) is 11.1. The fourth-order valence-electron chi connectivity index (χ4n) is 2.66. The Morgan fingerprint density at radius 3 is 2.42 bits per heavy atom. The van der Waals surface area contributed by atoms with Crippen LogP contribution in [0.1, 0.15) is 10.4 Å². The third-order valence-electron chi connectivity index (χ3n) is 4.15. The second-order valence-electron chi connectivity index (χ2n) is 5.65. The van der Waals surface area contributed by atoms with E-state index in [0.29, 0.717) is 12.5 Å². The second kappa shape index (κ2) is 8.66. The molecule has 0 aliphatic carbocycles. The van der Waals surface area contributed by atoms with Crippen molar-refractivity contribution in [3.63, 3.8) is 0 Å². The van der Waals surface area contributed by atoms with Gasteiger partial charge in [0, 0.05) is 36.7 Å². The summed E-state index contributed by atoms with van der Waals surface area (Å²) in [5, 5.41) is 2.08. The van der Waals surface area contributed by atoms with Crippen LogP contribution in [0, 0.1) is 12.7 Å². The largest absolute Gasteiger partial charge is 0.370 e. The average Bonchev–Trinajstić information content (AvgIpc) is 2.99. The molecule has 2 N–H and O–H groups in total. The molecule has 0 radical (unpaired) electrons. The monoisotopic (exact) mass is 460 g/mol. The molecule has 1 aromatic heterocycles. The van der Waals surface area contributed by atoms with Crippen LogP contribution in [0.25, 0.3) is 0 Å². The molecular formula is C17H22FIN4S. The molecule has 4 nitrogen and oxygen atoms in total. The van der Waals surface area contributed by atoms with Crippen molar-refractivity contribution >= 4 is 47.0 Å². The molecule has 1 aliphatic heterocycles. The predicted molar refractivity (Wildman–Crippen MR) is 110 cm³/mol. The normalized spacial score (nSPS) is 15.3. The van der Waals surface area contributed by atoms with Gasteiger partial charge < -0.3 is 15.5 Å². The molecule has 1 fully saturated rings. The van der Waals surface area contributed by atoms with Gasteiger partial charge in [-0.2, -0.15) is 0 Å². The second-order valence-corrected chi connectivity index (χ2v) is 6.65. The van der Waals surface area contributed by atoms with Gasteiger partial charge in [0.05, 0.1) is 6.54 Å². The molecule has 0 atom stereocenters. The minimum absolute atomic E-state index is 0. The number of benzene rings is 1. The molecule has 0 unspecified atom stereocenters. The smallest absolute Gasteiger partial charge is 0.191 e. The van der Waals surface area contributed by atoms with Gasteiger partial charge in [0.25, 0.3) is 0 Å². The molecule has 0 amide bonds. The average molecular weight is 460 g/mol. The van der Waals surface area contributed by atoms with Gasteiger partial charge in [0.1, 0.15) is 5.82 Å². The van der Waals surface area contributed by atoms with Crippen LogP contribution in [0.2, 0.25) is 0 Å². The molecule has 0 spiro atoms. The minimum atomic E-state index is -0.201. The Morgan fingerprint density at radius 1 is 1.17 bits per heavy atom. The van der Waals surface area contributed by atoms with Crippen molar-refractivity contribution in [2.75, 3.05) is 31.1 Å². The van der Waals surface area contributed by atoms with E-state index in [9.17, 15) is 4.39 Å². The van der Waals surface area contributed by atoms with Gasteiger partial charge in [0.15, 0.2) is 5.96 Å². The van der Waals surface area contributed by atoms with Crippen LogP contribution >= 0.6 is 35.3 Å². The van der Waals surface area contributed by atoms with Gasteiger partial charge >= 0.3 is 0 Å². The van der Waals surface area contributed by atoms with Crippen LogP contribution in [-0.4, -0.2) is 37.0 Å². The molecule has 7 heteroatoms. The highest BCUT2D eigenvalue weighted by Gasteiger charge is 2.18. The Bertz CT molecular complexity index is 678. The lowest BCUT2D eigenvalue weighted by molar-refractivity contribution is 0.380. The molecule has 0 saturated carbocycles. The number of guanidine groups is 1. The third kappa shape index (κ3) is 4.60. The molecule has 1 aliphatic rings. The first-order valence-electron chi connectivity index (χ1n) is 7.72. The van der Waals surface area contributed by atoms with E-state index < -0.39 is 0 Å². The third-order valence-corrected chi connectivity index (χ3v) is 5.16. The van der Waals surface area contributed by atoms with E-state index in [1.54, 1.807) is 11.3 Å². The van der Waals surface area contributed by atoms with Crippen LogP contribution in [-0.2, 0) is 6.54 Å². The number of hydrogen-bond donors (Lipinski definition) is 1. The first kappa shape index (κ1) is 19.0. The van der Waals surface area contributed by atoms with E-state index in [-0.39, 0.29) is 29.8 Å². The molecule has 1 saturated heterocycles. The highest BCUT2D eigenvalue weighted by atomic mass is 127. The number of piperazine rings is 1. The predicted octanol–water partition coefficient (Wildman–Crippen LogP) is 3.45. The van der Waals surface area contributed by atoms with E-state index in [1.165, 1.54) is 22.6 Å². The number of nitrogens with zero attached hydrogens (tertiary/aromatic N) is 3. The Morgan fingerprint density at radius 2 is 1.83 bits per heavy atom. The van der Waals surface area contributed by atoms with E-state index in [0.717, 1.165) is 31.9 Å². The van der Waals surface area contributed by atoms with Gasteiger partial charge in [-0.25, -0.2) is 9.38 Å². The van der Waals surface area contributed by atoms with E-state index in [4.69, 9.17) is 5.73 Å². The number of aliphatic imine (C=N–C) groups is 1. The standard InChI is InChI=1S/C17H21FN4S.HI/c1-13-6-11-23-16(13)12-20-17(19)22-9-7-21(8-10-22)15-4-2-14(18)3-5-15;/h2-6,11H,7-10,12H2,1H3,(H2,19,20);1H. The first-order valence-corrected chi connectivity index (χ1v) is 8.60. The van der Waals surface area contributed by atoms with Crippen LogP contribution in [0.3, 0.4) is 0 Å². The fourth-order valence-corrected chi connectivity index (χ4v) is 3.49. The fraction of sp³-hybridized carbons (Fsp3) is 0.353. The van der Waals surface area contributed by atoms with Crippen LogP contribution in [0.5, 0.6) is 0 Å². The summed E-state index contributed by atoms with van der Waals surface area (Å²) in [6.45, 7) is 6.12. The molecular weight excluding hydrogens is 438 g/mol. The van der Waals surface area contributed by atoms with Gasteiger partial charge in [-0.1, -0.05) is 0 Å². The summed E-state index contributed by atoms with van der Waals surface area (Å²) in [5.74, 6) is 0.407. The molecule has 24 heavy (non-hydrogen) atoms. The summed E-state index contributed by atoms with van der Waals surface area (Å²) in [5.41, 5.74) is 8.45. The van der Waals surface area contributed by atoms with Crippen molar-refractivity contribution in [1.29, 1.82) is 0 Å². The number of halogens is 2. The van der Waals surface area contributed by atoms with E-state index >= 15 is 0 Å². The lowest BCUT2D eigenvalue weighted by atomic mass is 10.2. The zero-order chi connectivity index (χ0) is 16.2. The van der Waals surface area contributed by atoms with Crippen molar-refractivity contribution < 1.29 is 4.39 Å². The summed E-state index contributed by atoms with van der Waals surface area (Å²) in [4.78, 5) is 10.1. The Kier molecular flexibility index (Phi) is 6.85. The number of nitrogens with two attached hydrogens (primary N) is 1. The number of rotatable bonds is 3. The summed E-state index contributed by atoms with van der Waals surface area (Å²) in [6, 6.07) is 8.75. The lowest BCUT2D eigenvalue weighted by Crippen LogP contribution is -2.51. The number of thiophene rings is 1. The lowest BCUT2D eigenvalue weighted by Gasteiger charge is -2.36. The zero-order valence-corrected chi connectivity index (χ0v) is 16.8. The quantitative estimate of drug-likeness (QED) is 0.434. The summed E-state index contributed by atoms with van der Waals surface area (Å²) < 4.78 is 13.0. The molecule has 0 bridgehead atoms. The summed E-state index contributed by atoms with van der Waals surface area (Å²) >= 11 is 1.72. The topological polar surface area (TPSA) is 44.9 Å². The van der Waals surface area contributed by atoms with Gasteiger partial charge in [-0.3, -0.25) is 0 Å². The van der Waals surface area contributed by atoms with E-state index in [2.05, 4.69) is 33.2 Å². The Labute approximate surface area is 163 Å². The van der Waals surface area contributed by atoms with Crippen molar-refractivity contribution in [2.45, 2.75) is 13.5 Å². The summed E-state index contributed by atoms with van der Waals surface area (Å²) in [7, 11) is 0. The van der Waals surface area contributed by atoms with Crippen LogP contribution in [0.15, 0.2) is 40.7 Å². The van der Waals surface area contributed by atoms with E-state index in [1.807, 2.05) is 12.1 Å². The van der Waals surface area contributed by atoms with Gasteiger partial charge in [0.2, 0.25) is 0 Å². The highest BCUT2D eigenvalue weighted by molar-refractivity contribution is 14.0. The number of aryl methyl sites for hydroxylation is 1. The number of hydrogen-bond acceptors (Lipinski definition) is 3. The maximum absolute atomic E-state index is 13.0. The number of anilines is 1. The zero-order valence-electron chi connectivity index (χ0n) is 13.6. The molecule has 3 rings (SSSR count). The minimum Gasteiger partial charge on any atom is -0.370 e. The highest BCUT2D eigenvalue weighted by Crippen LogP contribution is 2.18. The summed E-state index contributed by atoms with van der Waals surface area (Å²) in [6.07, 6.45) is 0. The molecule has 2 aromatic rings. The van der Waals surface area contributed by atoms with Crippen molar-refractivity contribution in [2.24, 2.45) is 10.7 Å². The molecule has 2 heterocycles.